The molecule has 0 aliphatic heterocycles. The molecular formula is C30F60O10. The van der Waals surface area contributed by atoms with Crippen LogP contribution < -0.4 is 0 Å². The highest BCUT2D eigenvalue weighted by atomic mass is 19.5. The Bertz CT molecular complexity index is 2850. The molecule has 0 aromatic heterocycles. The van der Waals surface area contributed by atoms with Crippen LogP contribution >= 0.6 is 0 Å². The van der Waals surface area contributed by atoms with Crippen LogP contribution in [0.1, 0.15) is 0 Å². The van der Waals surface area contributed by atoms with Gasteiger partial charge in [-0.15, -0.1) is 0 Å². The molecule has 0 N–H and O–H groups in total. The lowest BCUT2D eigenvalue weighted by Crippen LogP contribution is -2.74. The predicted octanol–water partition coefficient (Wildman–Crippen LogP) is 18.2. The zero-order valence-electron chi connectivity index (χ0n) is 41.8. The topological polar surface area (TPSA) is 100 Å². The van der Waals surface area contributed by atoms with Gasteiger partial charge in [0, 0.05) is 0 Å². The molecule has 0 amide bonds. The third-order valence-electron chi connectivity index (χ3n) is 9.67. The third-order valence-corrected chi connectivity index (χ3v) is 9.67. The molecule has 100 heavy (non-hydrogen) atoms. The van der Waals surface area contributed by atoms with Crippen LogP contribution in [0.15, 0.2) is 0 Å². The maximum atomic E-state index is 15.1. The number of halogens is 60. The number of rotatable bonds is 28. The van der Waals surface area contributed by atoms with Crippen molar-refractivity contribution in [2.45, 2.75) is 175 Å². The van der Waals surface area contributed by atoms with Gasteiger partial charge in [0.15, 0.2) is 0 Å². The Morgan fingerprint density at radius 1 is 0.150 bits per heavy atom. The van der Waals surface area contributed by atoms with Crippen LogP contribution in [0.3, 0.4) is 0 Å². The van der Waals surface area contributed by atoms with E-state index in [0.29, 0.717) is 37.9 Å². The number of carbonyl (C=O) groups excluding carboxylic acids is 1. The first-order valence-corrected chi connectivity index (χ1v) is 20.2. The third kappa shape index (κ3) is 15.5. The van der Waals surface area contributed by atoms with E-state index in [1.54, 1.807) is 0 Å². The van der Waals surface area contributed by atoms with Crippen molar-refractivity contribution < 1.29 is 311 Å². The second-order valence-electron chi connectivity index (χ2n) is 16.8. The van der Waals surface area contributed by atoms with E-state index in [4.69, 9.17) is 0 Å². The lowest BCUT2D eigenvalue weighted by atomic mass is 10.1. The number of alkyl halides is 59. The molecule has 0 bridgehead atoms. The lowest BCUT2D eigenvalue weighted by Gasteiger charge is -2.45. The monoisotopic (exact) mass is 1660 g/mol. The molecule has 0 aliphatic carbocycles. The summed E-state index contributed by atoms with van der Waals surface area (Å²) >= 11 is 0. The Labute approximate surface area is 493 Å². The van der Waals surface area contributed by atoms with Crippen LogP contribution in [0, 0.1) is 0 Å². The fraction of sp³-hybridized carbons (Fsp3) is 0.967. The first-order chi connectivity index (χ1) is 42.1. The molecule has 0 rings (SSSR count). The number of carbonyl (C=O) groups is 1. The van der Waals surface area contributed by atoms with Gasteiger partial charge in [0.2, 0.25) is 0 Å². The molecule has 9 unspecified atom stereocenters. The molecule has 0 aromatic carbocycles. The largest absolute Gasteiger partial charge is 0.462 e. The number of ether oxygens (including phenoxy) is 9. The van der Waals surface area contributed by atoms with Gasteiger partial charge in [0.25, 0.3) is 0 Å². The zero-order chi connectivity index (χ0) is 82.4. The van der Waals surface area contributed by atoms with Crippen molar-refractivity contribution in [1.82, 2.24) is 0 Å². The fourth-order valence-electron chi connectivity index (χ4n) is 4.81. The van der Waals surface area contributed by atoms with Crippen LogP contribution in [0.2, 0.25) is 0 Å². The van der Waals surface area contributed by atoms with Gasteiger partial charge >= 0.3 is 181 Å². The van der Waals surface area contributed by atoms with E-state index in [1.165, 1.54) is 0 Å². The smallest absolute Gasteiger partial charge is 0.263 e. The second kappa shape index (κ2) is 24.9. The highest BCUT2D eigenvalue weighted by molar-refractivity contribution is 5.77. The molecule has 0 spiro atoms. The van der Waals surface area contributed by atoms with E-state index in [-0.39, 0.29) is 0 Å². The Morgan fingerprint density at radius 2 is 0.260 bits per heavy atom. The van der Waals surface area contributed by atoms with Gasteiger partial charge in [-0.05, 0) is 0 Å². The summed E-state index contributed by atoms with van der Waals surface area (Å²) in [4.78, 5) is 10.2. The summed E-state index contributed by atoms with van der Waals surface area (Å²) in [6.45, 7) is 0. The Morgan fingerprint density at radius 3 is 0.350 bits per heavy atom. The van der Waals surface area contributed by atoms with E-state index in [9.17, 15) is 255 Å². The molecule has 0 radical (unpaired) electrons. The van der Waals surface area contributed by atoms with Gasteiger partial charge in [0.05, 0.1) is 0 Å². The maximum Gasteiger partial charge on any atom is 0.462 e. The van der Waals surface area contributed by atoms with E-state index in [2.05, 4.69) is 0 Å². The van der Waals surface area contributed by atoms with E-state index >= 15 is 13.2 Å². The van der Waals surface area contributed by atoms with Crippen LogP contribution in [0.25, 0.3) is 0 Å². The van der Waals surface area contributed by atoms with Crippen molar-refractivity contribution in [3.63, 3.8) is 0 Å². The molecule has 10 nitrogen and oxygen atoms in total. The first kappa shape index (κ1) is 95.1. The summed E-state index contributed by atoms with van der Waals surface area (Å²) in [6, 6.07) is -5.53. The Kier molecular flexibility index (Phi) is 23.7. The maximum absolute atomic E-state index is 15.1. The molecule has 70 heteroatoms. The Hall–Kier alpha value is -4.89. The molecule has 9 atom stereocenters. The lowest BCUT2D eigenvalue weighted by molar-refractivity contribution is -0.612. The standard InChI is InChI=1S/C30F60O10/c31-1(91)2(32,12(43,44)45)92-23(75,76)4(35,14(49,50)51)94-25(79,80)6(37,16(55,56)57)96-27(83,84)8(39,18(61,62)63)98-29(87,88)10(41,20(67,68)69)100-30(89,90)11(42,21(70,71)72)99-28(85,86)9(40,19(64,65)66)97-26(81,82)7(38,17(58,59)60)95-24(77,78)5(36,15(52,53)54)93-22(73,74)3(33,34)13(46,47)48. The SMILES string of the molecule is O=C(F)C(F)(OC(F)(F)C(F)(OC(F)(F)C(F)(OC(F)(F)C(F)(OC(F)(F)C(F)(OC(F)(F)C(F)(OC(F)(F)C(F)(OC(F)(F)C(F)(OC(F)(F)C(F)(OC(F)(F)C(F)(F)C(F)(F)F)C(F)(F)F)C(F)(F)F)C(F)(F)F)C(F)(F)F)C(F)(F)F)C(F)(F)F)C(F)(F)F)C(F)(F)F)C(F)(F)F. The summed E-state index contributed by atoms with van der Waals surface area (Å²) in [5, 5.41) is 0. The minimum Gasteiger partial charge on any atom is -0.263 e. The molecule has 600 valence electrons. The van der Waals surface area contributed by atoms with Crippen molar-refractivity contribution in [2.24, 2.45) is 0 Å². The minimum atomic E-state index is -10.5. The van der Waals surface area contributed by atoms with Crippen molar-refractivity contribution >= 4 is 6.04 Å². The summed E-state index contributed by atoms with van der Waals surface area (Å²) < 4.78 is 834. The molecule has 0 aromatic rings. The normalized spacial score (nSPS) is 21.3. The van der Waals surface area contributed by atoms with Gasteiger partial charge in [-0.2, -0.15) is 263 Å². The predicted molar refractivity (Wildman–Crippen MR) is 160 cm³/mol. The fourth-order valence-corrected chi connectivity index (χ4v) is 4.81. The van der Waals surface area contributed by atoms with Crippen LogP contribution in [0.4, 0.5) is 263 Å². The van der Waals surface area contributed by atoms with E-state index in [1.807, 2.05) is 0 Å². The van der Waals surface area contributed by atoms with E-state index < -0.39 is 181 Å². The first-order valence-electron chi connectivity index (χ1n) is 20.2. The highest BCUT2D eigenvalue weighted by Crippen LogP contribution is 2.66. The van der Waals surface area contributed by atoms with Crippen LogP contribution in [-0.4, -0.2) is 181 Å². The van der Waals surface area contributed by atoms with Crippen molar-refractivity contribution in [3.05, 3.63) is 0 Å². The summed E-state index contributed by atoms with van der Waals surface area (Å²) in [5.74, 6) is -98.2. The van der Waals surface area contributed by atoms with Gasteiger partial charge in [-0.25, -0.2) is 0 Å². The quantitative estimate of drug-likeness (QED) is 0.0556. The van der Waals surface area contributed by atoms with Gasteiger partial charge in [-0.3, -0.25) is 47.4 Å². The van der Waals surface area contributed by atoms with Crippen molar-refractivity contribution in [2.75, 3.05) is 0 Å². The zero-order valence-corrected chi connectivity index (χ0v) is 41.8. The molecule has 0 heterocycles. The number of hydrogen-bond donors (Lipinski definition) is 0. The average Bonchev–Trinajstić information content (AvgIpc) is 0.712. The molecule has 0 saturated carbocycles. The number of hydrogen-bond acceptors (Lipinski definition) is 10. The van der Waals surface area contributed by atoms with E-state index in [0.717, 1.165) is 4.74 Å². The summed E-state index contributed by atoms with van der Waals surface area (Å²) in [7, 11) is 0. The van der Waals surface area contributed by atoms with Crippen LogP contribution in [-0.2, 0) is 47.4 Å². The van der Waals surface area contributed by atoms with Crippen LogP contribution in [0.5, 0.6) is 0 Å². The van der Waals surface area contributed by atoms with Crippen molar-refractivity contribution in [1.29, 1.82) is 0 Å². The van der Waals surface area contributed by atoms with Gasteiger partial charge in [-0.1, -0.05) is 0 Å². The average molecular weight is 1660 g/mol. The molecular weight excluding hydrogens is 1660 g/mol. The van der Waals surface area contributed by atoms with Crippen molar-refractivity contribution in [3.8, 4) is 0 Å². The second-order valence-corrected chi connectivity index (χ2v) is 16.8. The molecule has 0 saturated heterocycles. The van der Waals surface area contributed by atoms with Gasteiger partial charge in [0.1, 0.15) is 0 Å². The molecule has 0 aliphatic rings. The Balaban J connectivity index is 8.82. The highest BCUT2D eigenvalue weighted by Gasteiger charge is 2.95. The minimum absolute atomic E-state index is 0.302. The van der Waals surface area contributed by atoms with Gasteiger partial charge < -0.3 is 0 Å². The summed E-state index contributed by atoms with van der Waals surface area (Å²) in [5.41, 5.74) is 0. The summed E-state index contributed by atoms with van der Waals surface area (Å²) in [6.07, 6.45) is -184. The molecule has 0 fully saturated rings.